The molecule has 1 unspecified atom stereocenters. The number of carbonyl (C=O) groups is 1. The maximum atomic E-state index is 12.5. The fourth-order valence-corrected chi connectivity index (χ4v) is 4.20. The average molecular weight is 380 g/mol. The highest BCUT2D eigenvalue weighted by Crippen LogP contribution is 2.21. The average Bonchev–Trinajstić information content (AvgIpc) is 2.62. The fraction of sp³-hybridized carbons (Fsp3) is 0.684. The molecule has 1 N–H and O–H groups in total. The highest BCUT2D eigenvalue weighted by molar-refractivity contribution is 5.85. The third-order valence-electron chi connectivity index (χ3n) is 5.82. The Kier molecular flexibility index (Phi) is 6.73. The minimum atomic E-state index is 0. The zero-order chi connectivity index (χ0) is 17.1. The second-order valence-electron chi connectivity index (χ2n) is 7.62. The van der Waals surface area contributed by atoms with Gasteiger partial charge in [0.2, 0.25) is 5.91 Å². The molecule has 0 radical (unpaired) electrons. The van der Waals surface area contributed by atoms with Crippen LogP contribution in [-0.4, -0.2) is 79.6 Å². The van der Waals surface area contributed by atoms with E-state index in [1.165, 1.54) is 6.42 Å². The summed E-state index contributed by atoms with van der Waals surface area (Å²) in [5, 5.41) is 3.21. The topological polar surface area (TPSA) is 51.7 Å². The molecule has 6 nitrogen and oxygen atoms in total. The van der Waals surface area contributed by atoms with Gasteiger partial charge in [-0.15, -0.1) is 12.4 Å². The van der Waals surface area contributed by atoms with E-state index in [1.54, 1.807) is 0 Å². The highest BCUT2D eigenvalue weighted by Gasteiger charge is 2.32. The zero-order valence-electron chi connectivity index (χ0n) is 15.3. The maximum Gasteiger partial charge on any atom is 0.228 e. The molecule has 1 atom stereocenters. The van der Waals surface area contributed by atoms with Gasteiger partial charge in [0.15, 0.2) is 0 Å². The SMILES string of the molecule is Cl.O=C(C1CNC1)N1CCCC(CN2CCN(c3ccccn3)CC2)C1. The van der Waals surface area contributed by atoms with Gasteiger partial charge in [0.05, 0.1) is 5.92 Å². The van der Waals surface area contributed by atoms with Crippen LogP contribution in [0.3, 0.4) is 0 Å². The van der Waals surface area contributed by atoms with Gasteiger partial charge in [0.1, 0.15) is 5.82 Å². The highest BCUT2D eigenvalue weighted by atomic mass is 35.5. The van der Waals surface area contributed by atoms with Crippen molar-refractivity contribution in [2.45, 2.75) is 12.8 Å². The van der Waals surface area contributed by atoms with Crippen LogP contribution < -0.4 is 10.2 Å². The summed E-state index contributed by atoms with van der Waals surface area (Å²) in [5.41, 5.74) is 0. The van der Waals surface area contributed by atoms with E-state index in [4.69, 9.17) is 0 Å². The van der Waals surface area contributed by atoms with E-state index in [0.717, 1.165) is 71.1 Å². The van der Waals surface area contributed by atoms with E-state index in [0.29, 0.717) is 11.8 Å². The first-order chi connectivity index (χ1) is 12.3. The van der Waals surface area contributed by atoms with Crippen LogP contribution in [-0.2, 0) is 4.79 Å². The number of aromatic nitrogens is 1. The van der Waals surface area contributed by atoms with Crippen LogP contribution in [0.15, 0.2) is 24.4 Å². The number of nitrogens with zero attached hydrogens (tertiary/aromatic N) is 4. The van der Waals surface area contributed by atoms with Gasteiger partial charge in [0, 0.05) is 65.1 Å². The minimum absolute atomic E-state index is 0. The van der Waals surface area contributed by atoms with E-state index in [-0.39, 0.29) is 18.3 Å². The molecule has 0 saturated carbocycles. The van der Waals surface area contributed by atoms with Crippen molar-refractivity contribution < 1.29 is 4.79 Å². The molecule has 3 fully saturated rings. The van der Waals surface area contributed by atoms with Crippen molar-refractivity contribution in [1.82, 2.24) is 20.1 Å². The first-order valence-corrected chi connectivity index (χ1v) is 9.67. The number of anilines is 1. The number of pyridine rings is 1. The zero-order valence-corrected chi connectivity index (χ0v) is 16.2. The van der Waals surface area contributed by atoms with Crippen molar-refractivity contribution in [3.05, 3.63) is 24.4 Å². The molecule has 144 valence electrons. The van der Waals surface area contributed by atoms with Gasteiger partial charge in [-0.3, -0.25) is 9.69 Å². The molecule has 4 heterocycles. The van der Waals surface area contributed by atoms with Gasteiger partial charge < -0.3 is 15.1 Å². The summed E-state index contributed by atoms with van der Waals surface area (Å²) >= 11 is 0. The largest absolute Gasteiger partial charge is 0.354 e. The van der Waals surface area contributed by atoms with E-state index in [2.05, 4.69) is 37.1 Å². The van der Waals surface area contributed by atoms with Crippen LogP contribution in [0.1, 0.15) is 12.8 Å². The monoisotopic (exact) mass is 379 g/mol. The fourth-order valence-electron chi connectivity index (χ4n) is 4.20. The molecule has 7 heteroatoms. The Morgan fingerprint density at radius 1 is 1.15 bits per heavy atom. The lowest BCUT2D eigenvalue weighted by molar-refractivity contribution is -0.139. The molecule has 0 aromatic carbocycles. The Balaban J connectivity index is 0.00000196. The van der Waals surface area contributed by atoms with Gasteiger partial charge in [0.25, 0.3) is 0 Å². The molecule has 0 bridgehead atoms. The number of halogens is 1. The summed E-state index contributed by atoms with van der Waals surface area (Å²) < 4.78 is 0. The molecule has 3 aliphatic rings. The molecule has 3 aliphatic heterocycles. The maximum absolute atomic E-state index is 12.5. The summed E-state index contributed by atoms with van der Waals surface area (Å²) in [6, 6.07) is 6.12. The molecule has 0 spiro atoms. The van der Waals surface area contributed by atoms with Crippen molar-refractivity contribution in [3.63, 3.8) is 0 Å². The Hall–Kier alpha value is -1.37. The van der Waals surface area contributed by atoms with Gasteiger partial charge in [-0.25, -0.2) is 4.98 Å². The Morgan fingerprint density at radius 3 is 2.62 bits per heavy atom. The summed E-state index contributed by atoms with van der Waals surface area (Å²) in [6.07, 6.45) is 4.28. The summed E-state index contributed by atoms with van der Waals surface area (Å²) in [7, 11) is 0. The van der Waals surface area contributed by atoms with Crippen LogP contribution in [0, 0.1) is 11.8 Å². The number of amides is 1. The van der Waals surface area contributed by atoms with Crippen LogP contribution in [0.4, 0.5) is 5.82 Å². The molecule has 1 aromatic heterocycles. The van der Waals surface area contributed by atoms with Crippen LogP contribution in [0.25, 0.3) is 0 Å². The molecule has 4 rings (SSSR count). The Labute approximate surface area is 162 Å². The van der Waals surface area contributed by atoms with Crippen molar-refractivity contribution >= 4 is 24.1 Å². The molecular formula is C19H30ClN5O. The van der Waals surface area contributed by atoms with E-state index >= 15 is 0 Å². The second-order valence-corrected chi connectivity index (χ2v) is 7.62. The molecule has 0 aliphatic carbocycles. The van der Waals surface area contributed by atoms with E-state index in [1.807, 2.05) is 12.3 Å². The number of nitrogens with one attached hydrogen (secondary N) is 1. The quantitative estimate of drug-likeness (QED) is 0.848. The standard InChI is InChI=1S/C19H29N5O.ClH/c25-19(17-12-20-13-17)24-7-3-4-16(15-24)14-22-8-10-23(11-9-22)18-5-1-2-6-21-18;/h1-2,5-6,16-17,20H,3-4,7-15H2;1H. The van der Waals surface area contributed by atoms with Crippen molar-refractivity contribution in [1.29, 1.82) is 0 Å². The van der Waals surface area contributed by atoms with E-state index in [9.17, 15) is 4.79 Å². The predicted octanol–water partition coefficient (Wildman–Crippen LogP) is 1.08. The number of rotatable bonds is 4. The van der Waals surface area contributed by atoms with Gasteiger partial charge in [-0.2, -0.15) is 0 Å². The number of carbonyl (C=O) groups excluding carboxylic acids is 1. The smallest absolute Gasteiger partial charge is 0.228 e. The summed E-state index contributed by atoms with van der Waals surface area (Å²) in [4.78, 5) is 24.0. The third kappa shape index (κ3) is 4.48. The Morgan fingerprint density at radius 2 is 1.96 bits per heavy atom. The molecule has 1 amide bonds. The predicted molar refractivity (Wildman–Crippen MR) is 106 cm³/mol. The number of piperidine rings is 1. The third-order valence-corrected chi connectivity index (χ3v) is 5.82. The molecule has 26 heavy (non-hydrogen) atoms. The first kappa shape index (κ1) is 19.4. The van der Waals surface area contributed by atoms with Crippen molar-refractivity contribution in [2.75, 3.05) is 63.8 Å². The second kappa shape index (κ2) is 9.02. The normalized spacial score (nSPS) is 24.7. The lowest BCUT2D eigenvalue weighted by Gasteiger charge is -2.41. The molecule has 3 saturated heterocycles. The molecular weight excluding hydrogens is 350 g/mol. The summed E-state index contributed by atoms with van der Waals surface area (Å²) in [5.74, 6) is 2.34. The van der Waals surface area contributed by atoms with Crippen molar-refractivity contribution in [2.24, 2.45) is 11.8 Å². The van der Waals surface area contributed by atoms with Gasteiger partial charge in [-0.05, 0) is 30.9 Å². The number of piperazine rings is 1. The number of likely N-dealkylation sites (tertiary alicyclic amines) is 1. The van der Waals surface area contributed by atoms with Crippen LogP contribution in [0.5, 0.6) is 0 Å². The van der Waals surface area contributed by atoms with Crippen LogP contribution in [0.2, 0.25) is 0 Å². The minimum Gasteiger partial charge on any atom is -0.354 e. The van der Waals surface area contributed by atoms with Crippen LogP contribution >= 0.6 is 12.4 Å². The lowest BCUT2D eigenvalue weighted by atomic mass is 9.94. The lowest BCUT2D eigenvalue weighted by Crippen LogP contribution is -2.55. The first-order valence-electron chi connectivity index (χ1n) is 9.67. The number of hydrogen-bond donors (Lipinski definition) is 1. The molecule has 1 aromatic rings. The number of hydrogen-bond acceptors (Lipinski definition) is 5. The van der Waals surface area contributed by atoms with E-state index < -0.39 is 0 Å². The van der Waals surface area contributed by atoms with Crippen molar-refractivity contribution in [3.8, 4) is 0 Å². The summed E-state index contributed by atoms with van der Waals surface area (Å²) in [6.45, 7) is 9.05. The van der Waals surface area contributed by atoms with Gasteiger partial charge >= 0.3 is 0 Å². The van der Waals surface area contributed by atoms with Gasteiger partial charge in [-0.1, -0.05) is 6.07 Å². The Bertz CT molecular complexity index is 575.